The van der Waals surface area contributed by atoms with Gasteiger partial charge in [0.25, 0.3) is 0 Å². The molecule has 2 aromatic heterocycles. The number of benzene rings is 1. The van der Waals surface area contributed by atoms with Crippen molar-refractivity contribution in [3.05, 3.63) is 53.6 Å². The molecule has 0 amide bonds. The topological polar surface area (TPSA) is 66.3 Å². The smallest absolute Gasteiger partial charge is 0.122 e. The number of aromatic nitrogens is 2. The molecule has 25 heavy (non-hydrogen) atoms. The highest BCUT2D eigenvalue weighted by Crippen LogP contribution is 2.23. The van der Waals surface area contributed by atoms with Crippen molar-refractivity contribution in [1.82, 2.24) is 20.4 Å². The number of ether oxygens (including phenoxy) is 1. The van der Waals surface area contributed by atoms with E-state index < -0.39 is 0 Å². The summed E-state index contributed by atoms with van der Waals surface area (Å²) in [5.41, 5.74) is 2.32. The van der Waals surface area contributed by atoms with Crippen LogP contribution in [0, 0.1) is 6.92 Å². The normalized spacial score (nSPS) is 17.2. The molecular weight excluding hydrogens is 316 g/mol. The second-order valence-electron chi connectivity index (χ2n) is 6.54. The summed E-state index contributed by atoms with van der Waals surface area (Å²) in [6.45, 7) is 7.09. The van der Waals surface area contributed by atoms with Crippen LogP contribution in [0.5, 0.6) is 0 Å². The third-order valence-corrected chi connectivity index (χ3v) is 4.75. The van der Waals surface area contributed by atoms with Crippen molar-refractivity contribution in [1.29, 1.82) is 0 Å². The van der Waals surface area contributed by atoms with E-state index in [0.717, 1.165) is 61.8 Å². The predicted molar refractivity (Wildman–Crippen MR) is 96.4 cm³/mol. The number of furan rings is 1. The highest BCUT2D eigenvalue weighted by atomic mass is 16.5. The monoisotopic (exact) mass is 340 g/mol. The average Bonchev–Trinajstić information content (AvgIpc) is 3.28. The van der Waals surface area contributed by atoms with Gasteiger partial charge in [0.05, 0.1) is 31.0 Å². The first-order chi connectivity index (χ1) is 12.3. The summed E-state index contributed by atoms with van der Waals surface area (Å²) in [6, 6.07) is 10.8. The van der Waals surface area contributed by atoms with Crippen LogP contribution in [-0.4, -0.2) is 47.9 Å². The van der Waals surface area contributed by atoms with Gasteiger partial charge in [-0.25, -0.2) is 0 Å². The van der Waals surface area contributed by atoms with Gasteiger partial charge < -0.3 is 14.5 Å². The maximum atomic E-state index is 5.91. The summed E-state index contributed by atoms with van der Waals surface area (Å²) in [7, 11) is 0. The number of nitrogens with one attached hydrogen (secondary N) is 2. The molecule has 0 radical (unpaired) electrons. The van der Waals surface area contributed by atoms with Gasteiger partial charge >= 0.3 is 0 Å². The van der Waals surface area contributed by atoms with Crippen molar-refractivity contribution in [3.63, 3.8) is 0 Å². The van der Waals surface area contributed by atoms with Gasteiger partial charge in [0.1, 0.15) is 11.5 Å². The molecule has 0 aliphatic carbocycles. The van der Waals surface area contributed by atoms with E-state index >= 15 is 0 Å². The Morgan fingerprint density at radius 1 is 1.24 bits per heavy atom. The molecule has 3 heterocycles. The molecule has 1 fully saturated rings. The highest BCUT2D eigenvalue weighted by Gasteiger charge is 2.24. The van der Waals surface area contributed by atoms with Crippen LogP contribution < -0.4 is 5.32 Å². The van der Waals surface area contributed by atoms with Gasteiger partial charge in [-0.2, -0.15) is 5.10 Å². The van der Waals surface area contributed by atoms with E-state index in [2.05, 4.69) is 44.7 Å². The van der Waals surface area contributed by atoms with Crippen molar-refractivity contribution in [3.8, 4) is 0 Å². The quantitative estimate of drug-likeness (QED) is 0.722. The molecule has 3 aromatic rings. The molecule has 6 heteroatoms. The Morgan fingerprint density at radius 2 is 2.12 bits per heavy atom. The summed E-state index contributed by atoms with van der Waals surface area (Å²) in [6.07, 6.45) is 1.85. The van der Waals surface area contributed by atoms with E-state index in [1.165, 1.54) is 5.56 Å². The van der Waals surface area contributed by atoms with Crippen LogP contribution in [-0.2, 0) is 11.3 Å². The minimum atomic E-state index is 0.230. The number of aromatic amines is 1. The number of fused-ring (bicyclic) bond motifs is 1. The van der Waals surface area contributed by atoms with Gasteiger partial charge in [-0.05, 0) is 30.7 Å². The van der Waals surface area contributed by atoms with Gasteiger partial charge in [-0.15, -0.1) is 0 Å². The summed E-state index contributed by atoms with van der Waals surface area (Å²) in [4.78, 5) is 2.44. The first-order valence-corrected chi connectivity index (χ1v) is 8.80. The van der Waals surface area contributed by atoms with E-state index in [1.54, 1.807) is 0 Å². The van der Waals surface area contributed by atoms with Crippen LogP contribution in [0.3, 0.4) is 0 Å². The zero-order valence-corrected chi connectivity index (χ0v) is 14.5. The lowest BCUT2D eigenvalue weighted by atomic mass is 10.1. The fourth-order valence-corrected chi connectivity index (χ4v) is 3.38. The molecule has 1 unspecified atom stereocenters. The number of rotatable bonds is 6. The summed E-state index contributed by atoms with van der Waals surface area (Å²) in [5.74, 6) is 1.98. The first kappa shape index (κ1) is 16.3. The Morgan fingerprint density at radius 3 is 2.92 bits per heavy atom. The number of nitrogens with zero attached hydrogens (tertiary/aromatic N) is 2. The lowest BCUT2D eigenvalue weighted by Gasteiger charge is -2.33. The minimum absolute atomic E-state index is 0.230. The van der Waals surface area contributed by atoms with E-state index in [4.69, 9.17) is 9.15 Å². The average molecular weight is 340 g/mol. The van der Waals surface area contributed by atoms with E-state index in [0.29, 0.717) is 0 Å². The molecular formula is C19H24N4O2. The first-order valence-electron chi connectivity index (χ1n) is 8.80. The van der Waals surface area contributed by atoms with Crippen LogP contribution in [0.4, 0.5) is 0 Å². The molecule has 1 saturated heterocycles. The molecule has 6 nitrogen and oxygen atoms in total. The number of H-pyrrole nitrogens is 1. The number of aryl methyl sites for hydroxylation is 1. The summed E-state index contributed by atoms with van der Waals surface area (Å²) < 4.78 is 11.4. The number of morpholine rings is 1. The van der Waals surface area contributed by atoms with Gasteiger partial charge in [0, 0.05) is 31.6 Å². The second kappa shape index (κ2) is 7.39. The Bertz CT molecular complexity index is 820. The number of hydrogen-bond acceptors (Lipinski definition) is 5. The highest BCUT2D eigenvalue weighted by molar-refractivity contribution is 5.78. The van der Waals surface area contributed by atoms with Crippen LogP contribution in [0.25, 0.3) is 10.9 Å². The van der Waals surface area contributed by atoms with E-state index in [9.17, 15) is 0 Å². The molecule has 1 aliphatic rings. The van der Waals surface area contributed by atoms with Gasteiger partial charge in [0.2, 0.25) is 0 Å². The van der Waals surface area contributed by atoms with Crippen molar-refractivity contribution in [2.24, 2.45) is 0 Å². The molecule has 4 rings (SSSR count). The van der Waals surface area contributed by atoms with Crippen LogP contribution in [0.2, 0.25) is 0 Å². The largest absolute Gasteiger partial charge is 0.465 e. The zero-order chi connectivity index (χ0) is 17.1. The predicted octanol–water partition coefficient (Wildman–Crippen LogP) is 2.63. The zero-order valence-electron chi connectivity index (χ0n) is 14.5. The fraction of sp³-hybridized carbons (Fsp3) is 0.421. The van der Waals surface area contributed by atoms with E-state index in [1.807, 2.05) is 19.2 Å². The molecule has 1 aromatic carbocycles. The fourth-order valence-electron chi connectivity index (χ4n) is 3.38. The third-order valence-electron chi connectivity index (χ3n) is 4.75. The minimum Gasteiger partial charge on any atom is -0.465 e. The van der Waals surface area contributed by atoms with Crippen molar-refractivity contribution >= 4 is 10.9 Å². The SMILES string of the molecule is Cc1ccc(C(CNCc2ccc3cn[nH]c3c2)N2CCOCC2)o1. The molecule has 1 atom stereocenters. The Kier molecular flexibility index (Phi) is 4.83. The Balaban J connectivity index is 1.42. The standard InChI is InChI=1S/C19H24N4O2/c1-14-2-5-19(25-14)18(23-6-8-24-9-7-23)13-20-11-15-3-4-16-12-21-22-17(16)10-15/h2-5,10,12,18,20H,6-9,11,13H2,1H3,(H,21,22). The van der Waals surface area contributed by atoms with Crippen molar-refractivity contribution in [2.45, 2.75) is 19.5 Å². The summed E-state index contributed by atoms with van der Waals surface area (Å²) >= 11 is 0. The Labute approximate surface area is 147 Å². The maximum Gasteiger partial charge on any atom is 0.122 e. The van der Waals surface area contributed by atoms with Gasteiger partial charge in [0.15, 0.2) is 0 Å². The third kappa shape index (κ3) is 3.76. The van der Waals surface area contributed by atoms with E-state index in [-0.39, 0.29) is 6.04 Å². The molecule has 0 saturated carbocycles. The lowest BCUT2D eigenvalue weighted by Crippen LogP contribution is -2.42. The van der Waals surface area contributed by atoms with Crippen LogP contribution in [0.15, 0.2) is 40.9 Å². The van der Waals surface area contributed by atoms with Crippen molar-refractivity contribution in [2.75, 3.05) is 32.8 Å². The molecule has 0 bridgehead atoms. The van der Waals surface area contributed by atoms with Crippen LogP contribution in [0.1, 0.15) is 23.1 Å². The molecule has 2 N–H and O–H groups in total. The molecule has 1 aliphatic heterocycles. The second-order valence-corrected chi connectivity index (χ2v) is 6.54. The maximum absolute atomic E-state index is 5.91. The molecule has 0 spiro atoms. The van der Waals surface area contributed by atoms with Crippen molar-refractivity contribution < 1.29 is 9.15 Å². The summed E-state index contributed by atoms with van der Waals surface area (Å²) in [5, 5.41) is 11.8. The Hall–Kier alpha value is -2.15. The number of hydrogen-bond donors (Lipinski definition) is 2. The lowest BCUT2D eigenvalue weighted by molar-refractivity contribution is 0.0115. The van der Waals surface area contributed by atoms with Gasteiger partial charge in [-0.3, -0.25) is 10.00 Å². The van der Waals surface area contributed by atoms with Gasteiger partial charge in [-0.1, -0.05) is 12.1 Å². The van der Waals surface area contributed by atoms with Crippen LogP contribution >= 0.6 is 0 Å². The molecule has 132 valence electrons.